The smallest absolute Gasteiger partial charge is 0.137 e. The summed E-state index contributed by atoms with van der Waals surface area (Å²) in [6, 6.07) is 5.98. The zero-order chi connectivity index (χ0) is 10.1. The molecule has 0 aliphatic carbocycles. The molecule has 4 nitrogen and oxygen atoms in total. The van der Waals surface area contributed by atoms with Gasteiger partial charge in [-0.05, 0) is 18.2 Å². The van der Waals surface area contributed by atoms with Gasteiger partial charge < -0.3 is 4.98 Å². The first-order valence-corrected chi connectivity index (χ1v) is 4.63. The van der Waals surface area contributed by atoms with E-state index in [0.717, 1.165) is 22.3 Å². The largest absolute Gasteiger partial charge is 0.345 e. The van der Waals surface area contributed by atoms with Crippen molar-refractivity contribution < 1.29 is 0 Å². The third-order valence-electron chi connectivity index (χ3n) is 2.28. The molecule has 4 heteroatoms. The molecule has 0 aliphatic rings. The van der Waals surface area contributed by atoms with Crippen LogP contribution in [0, 0.1) is 0 Å². The van der Waals surface area contributed by atoms with Gasteiger partial charge in [-0.15, -0.1) is 0 Å². The molecule has 2 heterocycles. The Balaban J connectivity index is 2.22. The van der Waals surface area contributed by atoms with Gasteiger partial charge in [0.05, 0.1) is 5.52 Å². The normalized spacial score (nSPS) is 10.7. The van der Waals surface area contributed by atoms with Gasteiger partial charge in [-0.25, -0.2) is 15.0 Å². The fourth-order valence-electron chi connectivity index (χ4n) is 1.56. The molecule has 0 saturated heterocycles. The predicted octanol–water partition coefficient (Wildman–Crippen LogP) is 2.02. The minimum atomic E-state index is 0.862. The van der Waals surface area contributed by atoms with E-state index in [2.05, 4.69) is 19.9 Å². The Bertz CT molecular complexity index is 586. The lowest BCUT2D eigenvalue weighted by molar-refractivity contribution is 1.22. The van der Waals surface area contributed by atoms with Crippen LogP contribution in [0.5, 0.6) is 0 Å². The minimum Gasteiger partial charge on any atom is -0.345 e. The van der Waals surface area contributed by atoms with E-state index in [1.807, 2.05) is 18.2 Å². The molecule has 1 aromatic carbocycles. The van der Waals surface area contributed by atoms with E-state index in [0.29, 0.717) is 0 Å². The first-order valence-electron chi connectivity index (χ1n) is 4.63. The maximum Gasteiger partial charge on any atom is 0.137 e. The number of fused-ring (bicyclic) bond motifs is 1. The van der Waals surface area contributed by atoms with Crippen LogP contribution in [0.25, 0.3) is 22.3 Å². The number of imidazole rings is 1. The number of rotatable bonds is 1. The van der Waals surface area contributed by atoms with Crippen LogP contribution in [0.15, 0.2) is 43.1 Å². The van der Waals surface area contributed by atoms with Gasteiger partial charge in [-0.1, -0.05) is 0 Å². The number of aromatic nitrogens is 4. The third kappa shape index (κ3) is 1.36. The van der Waals surface area contributed by atoms with Crippen LogP contribution in [0.1, 0.15) is 0 Å². The fraction of sp³-hybridized carbons (Fsp3) is 0. The molecule has 0 atom stereocenters. The van der Waals surface area contributed by atoms with Crippen LogP contribution in [0.4, 0.5) is 0 Å². The number of H-pyrrole nitrogens is 1. The van der Waals surface area contributed by atoms with Crippen molar-refractivity contribution in [2.24, 2.45) is 0 Å². The Morgan fingerprint density at radius 3 is 3.00 bits per heavy atom. The van der Waals surface area contributed by atoms with E-state index >= 15 is 0 Å². The van der Waals surface area contributed by atoms with Gasteiger partial charge in [0, 0.05) is 29.5 Å². The Labute approximate surface area is 86.0 Å². The van der Waals surface area contributed by atoms with Crippen molar-refractivity contribution in [1.29, 1.82) is 0 Å². The molecule has 0 saturated carbocycles. The second-order valence-corrected chi connectivity index (χ2v) is 3.23. The van der Waals surface area contributed by atoms with Crippen molar-refractivity contribution in [3.05, 3.63) is 43.1 Å². The average molecular weight is 196 g/mol. The molecular weight excluding hydrogens is 188 g/mol. The van der Waals surface area contributed by atoms with Gasteiger partial charge in [0.2, 0.25) is 0 Å². The standard InChI is InChI=1S/C11H8N4/c1-2-10-9(6-12-7-15-10)5-8(1)11-13-3-4-14-11/h1-7H,(H,13,14). The highest BCUT2D eigenvalue weighted by molar-refractivity contribution is 5.82. The summed E-state index contributed by atoms with van der Waals surface area (Å²) in [5.74, 6) is 0.862. The van der Waals surface area contributed by atoms with Crippen molar-refractivity contribution in [1.82, 2.24) is 19.9 Å². The highest BCUT2D eigenvalue weighted by Gasteiger charge is 2.01. The molecule has 0 aliphatic heterocycles. The van der Waals surface area contributed by atoms with Gasteiger partial charge in [0.15, 0.2) is 0 Å². The number of nitrogens with one attached hydrogen (secondary N) is 1. The molecule has 0 bridgehead atoms. The van der Waals surface area contributed by atoms with Crippen molar-refractivity contribution >= 4 is 10.9 Å². The highest BCUT2D eigenvalue weighted by atomic mass is 14.9. The predicted molar refractivity (Wildman–Crippen MR) is 57.1 cm³/mol. The van der Waals surface area contributed by atoms with Crippen LogP contribution < -0.4 is 0 Å². The molecule has 0 radical (unpaired) electrons. The van der Waals surface area contributed by atoms with Gasteiger partial charge in [-0.2, -0.15) is 0 Å². The maximum absolute atomic E-state index is 4.20. The number of nitrogens with zero attached hydrogens (tertiary/aromatic N) is 3. The number of benzene rings is 1. The monoisotopic (exact) mass is 196 g/mol. The molecular formula is C11H8N4. The van der Waals surface area contributed by atoms with E-state index in [-0.39, 0.29) is 0 Å². The number of aromatic amines is 1. The van der Waals surface area contributed by atoms with Crippen LogP contribution in [-0.2, 0) is 0 Å². The summed E-state index contributed by atoms with van der Waals surface area (Å²) >= 11 is 0. The fourth-order valence-corrected chi connectivity index (χ4v) is 1.56. The molecule has 2 aromatic heterocycles. The van der Waals surface area contributed by atoms with E-state index in [1.54, 1.807) is 24.9 Å². The first kappa shape index (κ1) is 8.11. The van der Waals surface area contributed by atoms with Crippen molar-refractivity contribution in [3.8, 4) is 11.4 Å². The van der Waals surface area contributed by atoms with Crippen molar-refractivity contribution in [2.75, 3.05) is 0 Å². The molecule has 0 amide bonds. The first-order chi connectivity index (χ1) is 7.43. The summed E-state index contributed by atoms with van der Waals surface area (Å²) in [7, 11) is 0. The van der Waals surface area contributed by atoms with E-state index < -0.39 is 0 Å². The van der Waals surface area contributed by atoms with E-state index in [1.165, 1.54) is 0 Å². The number of hydrogen-bond acceptors (Lipinski definition) is 3. The van der Waals surface area contributed by atoms with Crippen LogP contribution in [0.2, 0.25) is 0 Å². The second kappa shape index (κ2) is 3.16. The lowest BCUT2D eigenvalue weighted by atomic mass is 10.1. The van der Waals surface area contributed by atoms with Crippen molar-refractivity contribution in [3.63, 3.8) is 0 Å². The summed E-state index contributed by atoms with van der Waals surface area (Å²) in [5.41, 5.74) is 1.99. The van der Waals surface area contributed by atoms with Gasteiger partial charge >= 0.3 is 0 Å². The third-order valence-corrected chi connectivity index (χ3v) is 2.28. The quantitative estimate of drug-likeness (QED) is 0.647. The molecule has 0 fully saturated rings. The molecule has 72 valence electrons. The van der Waals surface area contributed by atoms with Gasteiger partial charge in [-0.3, -0.25) is 0 Å². The number of hydrogen-bond donors (Lipinski definition) is 1. The summed E-state index contributed by atoms with van der Waals surface area (Å²) in [6.07, 6.45) is 6.89. The molecule has 1 N–H and O–H groups in total. The zero-order valence-corrected chi connectivity index (χ0v) is 7.88. The molecule has 0 spiro atoms. The van der Waals surface area contributed by atoms with E-state index in [9.17, 15) is 0 Å². The topological polar surface area (TPSA) is 54.5 Å². The molecule has 15 heavy (non-hydrogen) atoms. The van der Waals surface area contributed by atoms with Crippen LogP contribution >= 0.6 is 0 Å². The molecule has 3 rings (SSSR count). The lowest BCUT2D eigenvalue weighted by Crippen LogP contribution is -1.84. The Morgan fingerprint density at radius 1 is 1.13 bits per heavy atom. The zero-order valence-electron chi connectivity index (χ0n) is 7.88. The van der Waals surface area contributed by atoms with Crippen LogP contribution in [-0.4, -0.2) is 19.9 Å². The molecule has 0 unspecified atom stereocenters. The Morgan fingerprint density at radius 2 is 2.13 bits per heavy atom. The minimum absolute atomic E-state index is 0.862. The lowest BCUT2D eigenvalue weighted by Gasteiger charge is -1.99. The second-order valence-electron chi connectivity index (χ2n) is 3.23. The highest BCUT2D eigenvalue weighted by Crippen LogP contribution is 2.19. The van der Waals surface area contributed by atoms with Gasteiger partial charge in [0.1, 0.15) is 12.2 Å². The SMILES string of the molecule is c1c[nH]c(-c2ccc3ncncc3c2)n1. The Hall–Kier alpha value is -2.23. The summed E-state index contributed by atoms with van der Waals surface area (Å²) in [4.78, 5) is 15.4. The maximum atomic E-state index is 4.20. The molecule has 3 aromatic rings. The summed E-state index contributed by atoms with van der Waals surface area (Å²) < 4.78 is 0. The van der Waals surface area contributed by atoms with Crippen molar-refractivity contribution in [2.45, 2.75) is 0 Å². The van der Waals surface area contributed by atoms with Gasteiger partial charge in [0.25, 0.3) is 0 Å². The van der Waals surface area contributed by atoms with Crippen LogP contribution in [0.3, 0.4) is 0 Å². The summed E-state index contributed by atoms with van der Waals surface area (Å²) in [6.45, 7) is 0. The van der Waals surface area contributed by atoms with E-state index in [4.69, 9.17) is 0 Å². The summed E-state index contributed by atoms with van der Waals surface area (Å²) in [5, 5.41) is 1.02. The average Bonchev–Trinajstić information content (AvgIpc) is 2.82. The Kier molecular flexibility index (Phi) is 1.71.